The molecule has 0 aromatic heterocycles. The Balaban J connectivity index is 2.03. The Labute approximate surface area is 127 Å². The minimum atomic E-state index is 0.131. The summed E-state index contributed by atoms with van der Waals surface area (Å²) in [4.78, 5) is 2.23. The second-order valence-electron chi connectivity index (χ2n) is 5.31. The molecule has 0 radical (unpaired) electrons. The number of hydrogen-bond acceptors (Lipinski definition) is 3. The highest BCUT2D eigenvalue weighted by Gasteiger charge is 2.06. The molecule has 0 saturated heterocycles. The molecule has 1 atom stereocenters. The van der Waals surface area contributed by atoms with Crippen LogP contribution in [0.1, 0.15) is 30.5 Å². The summed E-state index contributed by atoms with van der Waals surface area (Å²) in [5.74, 6) is 0.888. The minimum Gasteiger partial charge on any atom is -0.497 e. The number of rotatable bonds is 6. The van der Waals surface area contributed by atoms with Crippen LogP contribution in [0.4, 0.5) is 5.69 Å². The third-order valence-electron chi connectivity index (χ3n) is 3.78. The fraction of sp³-hybridized carbons (Fsp3) is 0.333. The third-order valence-corrected chi connectivity index (χ3v) is 3.78. The summed E-state index contributed by atoms with van der Waals surface area (Å²) in [6, 6.07) is 16.8. The molecule has 2 aromatic carbocycles. The maximum absolute atomic E-state index is 6.05. The van der Waals surface area contributed by atoms with Gasteiger partial charge in [-0.05, 0) is 41.8 Å². The molecule has 0 amide bonds. The van der Waals surface area contributed by atoms with Gasteiger partial charge in [0.25, 0.3) is 0 Å². The summed E-state index contributed by atoms with van der Waals surface area (Å²) >= 11 is 0. The molecule has 0 heterocycles. The van der Waals surface area contributed by atoms with Gasteiger partial charge in [-0.1, -0.05) is 31.2 Å². The van der Waals surface area contributed by atoms with Crippen molar-refractivity contribution in [3.05, 3.63) is 59.7 Å². The zero-order chi connectivity index (χ0) is 15.2. The SMILES string of the molecule is CCC(N)c1ccc(N(C)Cc2ccc(OC)cc2)cc1. The van der Waals surface area contributed by atoms with Gasteiger partial charge >= 0.3 is 0 Å². The summed E-state index contributed by atoms with van der Waals surface area (Å²) < 4.78 is 5.18. The smallest absolute Gasteiger partial charge is 0.118 e. The van der Waals surface area contributed by atoms with E-state index in [9.17, 15) is 0 Å². The molecule has 0 fully saturated rings. The van der Waals surface area contributed by atoms with Gasteiger partial charge in [0.15, 0.2) is 0 Å². The number of nitrogens with zero attached hydrogens (tertiary/aromatic N) is 1. The molecule has 2 rings (SSSR count). The molecule has 0 aliphatic carbocycles. The molecular formula is C18H24N2O. The molecule has 112 valence electrons. The van der Waals surface area contributed by atoms with Crippen LogP contribution < -0.4 is 15.4 Å². The van der Waals surface area contributed by atoms with Crippen LogP contribution >= 0.6 is 0 Å². The molecule has 0 aliphatic heterocycles. The van der Waals surface area contributed by atoms with Gasteiger partial charge < -0.3 is 15.4 Å². The summed E-state index contributed by atoms with van der Waals surface area (Å²) in [5.41, 5.74) is 9.69. The van der Waals surface area contributed by atoms with Crippen molar-refractivity contribution in [2.45, 2.75) is 25.9 Å². The van der Waals surface area contributed by atoms with Gasteiger partial charge in [0.05, 0.1) is 7.11 Å². The van der Waals surface area contributed by atoms with Crippen LogP contribution in [0.15, 0.2) is 48.5 Å². The van der Waals surface area contributed by atoms with Crippen molar-refractivity contribution in [2.24, 2.45) is 5.73 Å². The van der Waals surface area contributed by atoms with E-state index in [2.05, 4.69) is 55.3 Å². The number of ether oxygens (including phenoxy) is 1. The molecule has 0 saturated carbocycles. The van der Waals surface area contributed by atoms with Crippen LogP contribution in [0, 0.1) is 0 Å². The zero-order valence-corrected chi connectivity index (χ0v) is 13.0. The number of methoxy groups -OCH3 is 1. The van der Waals surface area contributed by atoms with Crippen LogP contribution in [0.5, 0.6) is 5.75 Å². The normalized spacial score (nSPS) is 12.0. The Kier molecular flexibility index (Phi) is 5.23. The van der Waals surface area contributed by atoms with Gasteiger partial charge in [-0.2, -0.15) is 0 Å². The molecule has 0 spiro atoms. The molecule has 0 aliphatic rings. The van der Waals surface area contributed by atoms with E-state index in [1.54, 1.807) is 7.11 Å². The molecule has 21 heavy (non-hydrogen) atoms. The molecular weight excluding hydrogens is 260 g/mol. The van der Waals surface area contributed by atoms with Crippen molar-refractivity contribution in [3.8, 4) is 5.75 Å². The molecule has 0 bridgehead atoms. The van der Waals surface area contributed by atoms with Crippen LogP contribution in [-0.4, -0.2) is 14.2 Å². The molecule has 3 heteroatoms. The van der Waals surface area contributed by atoms with Crippen molar-refractivity contribution in [2.75, 3.05) is 19.1 Å². The molecule has 2 N–H and O–H groups in total. The predicted octanol–water partition coefficient (Wildman–Crippen LogP) is 3.74. The summed E-state index contributed by atoms with van der Waals surface area (Å²) in [6.45, 7) is 2.97. The van der Waals surface area contributed by atoms with E-state index >= 15 is 0 Å². The number of nitrogens with two attached hydrogens (primary N) is 1. The van der Waals surface area contributed by atoms with E-state index in [0.29, 0.717) is 0 Å². The Hall–Kier alpha value is -2.00. The fourth-order valence-corrected chi connectivity index (χ4v) is 2.31. The van der Waals surface area contributed by atoms with Gasteiger partial charge in [0.1, 0.15) is 5.75 Å². The molecule has 1 unspecified atom stereocenters. The Morgan fingerprint density at radius 1 is 1.05 bits per heavy atom. The average Bonchev–Trinajstić information content (AvgIpc) is 2.55. The maximum Gasteiger partial charge on any atom is 0.118 e. The summed E-state index contributed by atoms with van der Waals surface area (Å²) in [6.07, 6.45) is 0.959. The topological polar surface area (TPSA) is 38.5 Å². The second kappa shape index (κ2) is 7.14. The maximum atomic E-state index is 6.05. The lowest BCUT2D eigenvalue weighted by Crippen LogP contribution is -2.16. The Bertz CT molecular complexity index is 548. The van der Waals surface area contributed by atoms with Gasteiger partial charge in [0, 0.05) is 25.3 Å². The molecule has 2 aromatic rings. The highest BCUT2D eigenvalue weighted by Crippen LogP contribution is 2.21. The lowest BCUT2D eigenvalue weighted by molar-refractivity contribution is 0.414. The van der Waals surface area contributed by atoms with Crippen molar-refractivity contribution in [1.82, 2.24) is 0 Å². The largest absolute Gasteiger partial charge is 0.497 e. The third kappa shape index (κ3) is 3.99. The number of hydrogen-bond donors (Lipinski definition) is 1. The van der Waals surface area contributed by atoms with E-state index in [-0.39, 0.29) is 6.04 Å². The van der Waals surface area contributed by atoms with Crippen molar-refractivity contribution in [3.63, 3.8) is 0 Å². The van der Waals surface area contributed by atoms with E-state index in [0.717, 1.165) is 18.7 Å². The van der Waals surface area contributed by atoms with E-state index < -0.39 is 0 Å². The number of benzene rings is 2. The van der Waals surface area contributed by atoms with Crippen molar-refractivity contribution < 1.29 is 4.74 Å². The van der Waals surface area contributed by atoms with Gasteiger partial charge in [-0.3, -0.25) is 0 Å². The number of anilines is 1. The van der Waals surface area contributed by atoms with E-state index in [4.69, 9.17) is 10.5 Å². The Morgan fingerprint density at radius 2 is 1.67 bits per heavy atom. The highest BCUT2D eigenvalue weighted by molar-refractivity contribution is 5.48. The highest BCUT2D eigenvalue weighted by atomic mass is 16.5. The lowest BCUT2D eigenvalue weighted by atomic mass is 10.1. The quantitative estimate of drug-likeness (QED) is 0.878. The molecule has 3 nitrogen and oxygen atoms in total. The van der Waals surface area contributed by atoms with E-state index in [1.165, 1.54) is 16.8 Å². The van der Waals surface area contributed by atoms with Crippen LogP contribution in [-0.2, 0) is 6.54 Å². The van der Waals surface area contributed by atoms with E-state index in [1.807, 2.05) is 12.1 Å². The summed E-state index contributed by atoms with van der Waals surface area (Å²) in [7, 11) is 3.78. The van der Waals surface area contributed by atoms with Crippen LogP contribution in [0.3, 0.4) is 0 Å². The Morgan fingerprint density at radius 3 is 2.19 bits per heavy atom. The van der Waals surface area contributed by atoms with Gasteiger partial charge in [-0.25, -0.2) is 0 Å². The zero-order valence-electron chi connectivity index (χ0n) is 13.0. The minimum absolute atomic E-state index is 0.131. The average molecular weight is 284 g/mol. The van der Waals surface area contributed by atoms with Gasteiger partial charge in [-0.15, -0.1) is 0 Å². The first kappa shape index (κ1) is 15.4. The lowest BCUT2D eigenvalue weighted by Gasteiger charge is -2.20. The fourth-order valence-electron chi connectivity index (χ4n) is 2.31. The first-order valence-electron chi connectivity index (χ1n) is 7.33. The predicted molar refractivity (Wildman–Crippen MR) is 88.8 cm³/mol. The first-order chi connectivity index (χ1) is 10.1. The standard InChI is InChI=1S/C18H24N2O/c1-4-18(19)15-7-9-16(10-8-15)20(2)13-14-5-11-17(21-3)12-6-14/h5-12,18H,4,13,19H2,1-3H3. The summed E-state index contributed by atoms with van der Waals surface area (Å²) in [5, 5.41) is 0. The van der Waals surface area contributed by atoms with Gasteiger partial charge in [0.2, 0.25) is 0 Å². The van der Waals surface area contributed by atoms with Crippen LogP contribution in [0.25, 0.3) is 0 Å². The van der Waals surface area contributed by atoms with Crippen molar-refractivity contribution >= 4 is 5.69 Å². The monoisotopic (exact) mass is 284 g/mol. The second-order valence-corrected chi connectivity index (χ2v) is 5.31. The first-order valence-corrected chi connectivity index (χ1v) is 7.33. The van der Waals surface area contributed by atoms with Crippen molar-refractivity contribution in [1.29, 1.82) is 0 Å². The van der Waals surface area contributed by atoms with Crippen LogP contribution in [0.2, 0.25) is 0 Å².